The molecule has 1 aliphatic heterocycles. The molecule has 0 spiro atoms. The maximum absolute atomic E-state index is 12.1. The average molecular weight is 345 g/mol. The van der Waals surface area contributed by atoms with Crippen LogP contribution in [0.2, 0.25) is 0 Å². The fourth-order valence-corrected chi connectivity index (χ4v) is 2.96. The molecule has 130 valence electrons. The highest BCUT2D eigenvalue weighted by Crippen LogP contribution is 2.27. The molecule has 0 unspecified atom stereocenters. The van der Waals surface area contributed by atoms with Crippen LogP contribution >= 0.6 is 0 Å². The smallest absolute Gasteiger partial charge is 0.248 e. The molecule has 26 heavy (non-hydrogen) atoms. The molecule has 3 rings (SSSR count). The normalized spacial score (nSPS) is 13.8. The van der Waals surface area contributed by atoms with Crippen molar-refractivity contribution in [3.05, 3.63) is 65.2 Å². The van der Waals surface area contributed by atoms with Crippen molar-refractivity contribution in [2.75, 3.05) is 16.8 Å². The molecule has 0 aromatic heterocycles. The number of amides is 2. The van der Waals surface area contributed by atoms with Gasteiger partial charge in [0.05, 0.1) is 11.6 Å². The van der Waals surface area contributed by atoms with E-state index in [0.29, 0.717) is 17.7 Å². The summed E-state index contributed by atoms with van der Waals surface area (Å²) in [5.74, 6) is -0.0889. The topological polar surface area (TPSA) is 73.2 Å². The summed E-state index contributed by atoms with van der Waals surface area (Å²) in [6.45, 7) is 2.68. The number of benzene rings is 2. The molecule has 0 bridgehead atoms. The van der Waals surface area contributed by atoms with Gasteiger partial charge in [0.15, 0.2) is 0 Å². The van der Waals surface area contributed by atoms with E-state index in [1.54, 1.807) is 41.3 Å². The number of nitrogens with one attached hydrogen (secondary N) is 1. The predicted octanol–water partition coefficient (Wildman–Crippen LogP) is 3.65. The Morgan fingerprint density at radius 3 is 2.62 bits per heavy atom. The third kappa shape index (κ3) is 3.98. The van der Waals surface area contributed by atoms with Crippen LogP contribution in [0.15, 0.2) is 48.5 Å². The lowest BCUT2D eigenvalue weighted by molar-refractivity contribution is -0.117. The third-order valence-electron chi connectivity index (χ3n) is 4.30. The molecule has 1 aliphatic rings. The number of hydrogen-bond acceptors (Lipinski definition) is 3. The van der Waals surface area contributed by atoms with Crippen molar-refractivity contribution < 1.29 is 9.59 Å². The van der Waals surface area contributed by atoms with Crippen LogP contribution in [0.4, 0.5) is 11.4 Å². The molecule has 5 nitrogen and oxygen atoms in total. The first-order valence-electron chi connectivity index (χ1n) is 8.47. The predicted molar refractivity (Wildman–Crippen MR) is 102 cm³/mol. The maximum Gasteiger partial charge on any atom is 0.248 e. The van der Waals surface area contributed by atoms with E-state index >= 15 is 0 Å². The van der Waals surface area contributed by atoms with Crippen LogP contribution in [0, 0.1) is 18.3 Å². The third-order valence-corrected chi connectivity index (χ3v) is 4.30. The first kappa shape index (κ1) is 17.4. The highest BCUT2D eigenvalue weighted by Gasteiger charge is 2.22. The van der Waals surface area contributed by atoms with Gasteiger partial charge in [-0.25, -0.2) is 0 Å². The standard InChI is InChI=1S/C21H19N3O2/c1-15-13-18(9-10-19(15)24-12-2-3-21(24)26)23-20(25)11-8-16-4-6-17(14-22)7-5-16/h4-11,13H,2-3,12H2,1H3,(H,23,25)/b11-8+. The number of aryl methyl sites for hydroxylation is 1. The molecule has 2 amide bonds. The lowest BCUT2D eigenvalue weighted by Crippen LogP contribution is -2.24. The van der Waals surface area contributed by atoms with E-state index in [4.69, 9.17) is 5.26 Å². The molecular weight excluding hydrogens is 326 g/mol. The van der Waals surface area contributed by atoms with Crippen molar-refractivity contribution in [1.29, 1.82) is 5.26 Å². The second-order valence-corrected chi connectivity index (χ2v) is 6.21. The number of hydrogen-bond donors (Lipinski definition) is 1. The zero-order valence-corrected chi connectivity index (χ0v) is 14.5. The molecular formula is C21H19N3O2. The minimum atomic E-state index is -0.237. The van der Waals surface area contributed by atoms with Crippen molar-refractivity contribution in [2.24, 2.45) is 0 Å². The van der Waals surface area contributed by atoms with Gasteiger partial charge in [0.2, 0.25) is 11.8 Å². The van der Waals surface area contributed by atoms with Gasteiger partial charge in [-0.15, -0.1) is 0 Å². The Hall–Kier alpha value is -3.39. The van der Waals surface area contributed by atoms with Crippen LogP contribution < -0.4 is 10.2 Å². The first-order chi connectivity index (χ1) is 12.6. The zero-order valence-electron chi connectivity index (χ0n) is 14.5. The summed E-state index contributed by atoms with van der Waals surface area (Å²) in [6.07, 6.45) is 4.63. The molecule has 1 heterocycles. The van der Waals surface area contributed by atoms with Gasteiger partial charge in [0, 0.05) is 30.4 Å². The Morgan fingerprint density at radius 1 is 1.23 bits per heavy atom. The minimum absolute atomic E-state index is 0.148. The summed E-state index contributed by atoms with van der Waals surface area (Å²) in [6, 6.07) is 14.6. The molecule has 0 atom stereocenters. The second-order valence-electron chi connectivity index (χ2n) is 6.21. The SMILES string of the molecule is Cc1cc(NC(=O)/C=C/c2ccc(C#N)cc2)ccc1N1CCCC1=O. The van der Waals surface area contributed by atoms with E-state index in [-0.39, 0.29) is 11.8 Å². The molecule has 5 heteroatoms. The fourth-order valence-electron chi connectivity index (χ4n) is 2.96. The van der Waals surface area contributed by atoms with E-state index in [1.807, 2.05) is 19.1 Å². The summed E-state index contributed by atoms with van der Waals surface area (Å²) in [4.78, 5) is 25.8. The summed E-state index contributed by atoms with van der Waals surface area (Å²) in [5, 5.41) is 11.6. The van der Waals surface area contributed by atoms with E-state index in [9.17, 15) is 9.59 Å². The molecule has 0 aliphatic carbocycles. The van der Waals surface area contributed by atoms with Crippen LogP contribution in [-0.2, 0) is 9.59 Å². The Morgan fingerprint density at radius 2 is 2.00 bits per heavy atom. The van der Waals surface area contributed by atoms with E-state index in [0.717, 1.165) is 29.8 Å². The molecule has 0 radical (unpaired) electrons. The summed E-state index contributed by atoms with van der Waals surface area (Å²) in [5.41, 5.74) is 3.97. The average Bonchev–Trinajstić information content (AvgIpc) is 3.06. The molecule has 1 N–H and O–H groups in total. The Labute approximate surface area is 152 Å². The van der Waals surface area contributed by atoms with E-state index in [2.05, 4.69) is 11.4 Å². The van der Waals surface area contributed by atoms with Gasteiger partial charge in [0.1, 0.15) is 0 Å². The largest absolute Gasteiger partial charge is 0.323 e. The van der Waals surface area contributed by atoms with Crippen molar-refractivity contribution in [3.63, 3.8) is 0 Å². The van der Waals surface area contributed by atoms with Crippen LogP contribution in [0.5, 0.6) is 0 Å². The van der Waals surface area contributed by atoms with Crippen molar-refractivity contribution in [3.8, 4) is 6.07 Å². The maximum atomic E-state index is 12.1. The molecule has 2 aromatic rings. The number of carbonyl (C=O) groups is 2. The van der Waals surface area contributed by atoms with Gasteiger partial charge < -0.3 is 10.2 Å². The number of nitrogens with zero attached hydrogens (tertiary/aromatic N) is 2. The molecule has 2 aromatic carbocycles. The fraction of sp³-hybridized carbons (Fsp3) is 0.190. The van der Waals surface area contributed by atoms with Crippen LogP contribution in [0.1, 0.15) is 29.5 Å². The lowest BCUT2D eigenvalue weighted by atomic mass is 10.1. The Kier molecular flexibility index (Phi) is 5.14. The monoisotopic (exact) mass is 345 g/mol. The second kappa shape index (κ2) is 7.66. The van der Waals surface area contributed by atoms with Crippen molar-refractivity contribution >= 4 is 29.3 Å². The van der Waals surface area contributed by atoms with Gasteiger partial charge in [-0.1, -0.05) is 12.1 Å². The number of nitriles is 1. The number of rotatable bonds is 4. The van der Waals surface area contributed by atoms with Gasteiger partial charge in [-0.05, 0) is 60.9 Å². The lowest BCUT2D eigenvalue weighted by Gasteiger charge is -2.19. The summed E-state index contributed by atoms with van der Waals surface area (Å²) < 4.78 is 0. The van der Waals surface area contributed by atoms with Crippen molar-refractivity contribution in [1.82, 2.24) is 0 Å². The van der Waals surface area contributed by atoms with Gasteiger partial charge in [-0.2, -0.15) is 5.26 Å². The minimum Gasteiger partial charge on any atom is -0.323 e. The Bertz CT molecular complexity index is 908. The first-order valence-corrected chi connectivity index (χ1v) is 8.47. The number of anilines is 2. The number of carbonyl (C=O) groups excluding carboxylic acids is 2. The zero-order chi connectivity index (χ0) is 18.5. The summed E-state index contributed by atoms with van der Waals surface area (Å²) in [7, 11) is 0. The van der Waals surface area contributed by atoms with Crippen LogP contribution in [-0.4, -0.2) is 18.4 Å². The molecule has 1 fully saturated rings. The molecule has 1 saturated heterocycles. The quantitative estimate of drug-likeness (QED) is 0.860. The van der Waals surface area contributed by atoms with E-state index < -0.39 is 0 Å². The molecule has 0 saturated carbocycles. The van der Waals surface area contributed by atoms with E-state index in [1.165, 1.54) is 6.08 Å². The van der Waals surface area contributed by atoms with Gasteiger partial charge >= 0.3 is 0 Å². The van der Waals surface area contributed by atoms with Gasteiger partial charge in [0.25, 0.3) is 0 Å². The van der Waals surface area contributed by atoms with Crippen LogP contribution in [0.3, 0.4) is 0 Å². The summed E-state index contributed by atoms with van der Waals surface area (Å²) >= 11 is 0. The van der Waals surface area contributed by atoms with Gasteiger partial charge in [-0.3, -0.25) is 9.59 Å². The highest BCUT2D eigenvalue weighted by molar-refractivity contribution is 6.02. The Balaban J connectivity index is 1.65. The van der Waals surface area contributed by atoms with Crippen LogP contribution in [0.25, 0.3) is 6.08 Å². The highest BCUT2D eigenvalue weighted by atomic mass is 16.2. The van der Waals surface area contributed by atoms with Crippen molar-refractivity contribution in [2.45, 2.75) is 19.8 Å².